The Balaban J connectivity index is 0.000000640. The van der Waals surface area contributed by atoms with Gasteiger partial charge >= 0.3 is 0 Å². The van der Waals surface area contributed by atoms with Crippen LogP contribution in [0.25, 0.3) is 0 Å². The summed E-state index contributed by atoms with van der Waals surface area (Å²) in [6.07, 6.45) is 4.19. The van der Waals surface area contributed by atoms with Gasteiger partial charge in [0.15, 0.2) is 0 Å². The van der Waals surface area contributed by atoms with E-state index in [4.69, 9.17) is 0 Å². The molecule has 0 radical (unpaired) electrons. The predicted molar refractivity (Wildman–Crippen MR) is 34.7 cm³/mol. The monoisotopic (exact) mass is 145 g/mol. The van der Waals surface area contributed by atoms with Crippen LogP contribution in [0.2, 0.25) is 0 Å². The number of nitrogens with zero attached hydrogens (tertiary/aromatic N) is 3. The molecule has 0 aromatic carbocycles. The van der Waals surface area contributed by atoms with Crippen LogP contribution in [0, 0.1) is 4.91 Å². The van der Waals surface area contributed by atoms with E-state index >= 15 is 0 Å². The van der Waals surface area contributed by atoms with Crippen LogP contribution >= 0.6 is 12.4 Å². The van der Waals surface area contributed by atoms with Crippen molar-refractivity contribution >= 4 is 18.2 Å². The summed E-state index contributed by atoms with van der Waals surface area (Å²) in [7, 11) is 0. The van der Waals surface area contributed by atoms with Crippen molar-refractivity contribution in [2.45, 2.75) is 0 Å². The minimum atomic E-state index is 0. The smallest absolute Gasteiger partial charge is 0.214 e. The van der Waals surface area contributed by atoms with Crippen LogP contribution in [-0.2, 0) is 0 Å². The molecule has 9 heavy (non-hydrogen) atoms. The molecule has 0 N–H and O–H groups in total. The fourth-order valence-electron chi connectivity index (χ4n) is 0.338. The maximum absolute atomic E-state index is 9.65. The Bertz CT molecular complexity index is 178. The van der Waals surface area contributed by atoms with E-state index < -0.39 is 0 Å². The van der Waals surface area contributed by atoms with Gasteiger partial charge in [-0.05, 0) is 5.18 Å². The van der Waals surface area contributed by atoms with Crippen molar-refractivity contribution in [3.05, 3.63) is 23.5 Å². The molecule has 0 bridgehead atoms. The summed E-state index contributed by atoms with van der Waals surface area (Å²) in [4.78, 5) is 16.8. The Morgan fingerprint density at radius 1 is 1.44 bits per heavy atom. The van der Waals surface area contributed by atoms with E-state index in [1.807, 2.05) is 0 Å². The molecule has 5 heteroatoms. The fourth-order valence-corrected chi connectivity index (χ4v) is 0.338. The number of nitroso groups, excluding NO2 is 1. The Kier molecular flexibility index (Phi) is 3.46. The highest BCUT2D eigenvalue weighted by Crippen LogP contribution is 1.98. The molecule has 0 aliphatic heterocycles. The van der Waals surface area contributed by atoms with Crippen LogP contribution in [0.4, 0.5) is 5.82 Å². The van der Waals surface area contributed by atoms with Gasteiger partial charge in [0.05, 0.1) is 6.20 Å². The first-order valence-corrected chi connectivity index (χ1v) is 2.03. The summed E-state index contributed by atoms with van der Waals surface area (Å²) in [5, 5.41) is 2.55. The Labute approximate surface area is 57.7 Å². The van der Waals surface area contributed by atoms with E-state index in [-0.39, 0.29) is 18.2 Å². The zero-order valence-corrected chi connectivity index (χ0v) is 5.21. The second kappa shape index (κ2) is 3.91. The highest BCUT2D eigenvalue weighted by molar-refractivity contribution is 5.85. The van der Waals surface area contributed by atoms with Crippen molar-refractivity contribution in [2.24, 2.45) is 5.18 Å². The second-order valence-corrected chi connectivity index (χ2v) is 1.15. The van der Waals surface area contributed by atoms with E-state index in [2.05, 4.69) is 15.1 Å². The van der Waals surface area contributed by atoms with Gasteiger partial charge in [-0.15, -0.1) is 17.3 Å². The largest absolute Gasteiger partial charge is 0.259 e. The molecular formula is C4H4ClN3O. The predicted octanol–water partition coefficient (Wildman–Crippen LogP) is 1.30. The van der Waals surface area contributed by atoms with Gasteiger partial charge in [-0.25, -0.2) is 4.98 Å². The zero-order valence-electron chi connectivity index (χ0n) is 4.39. The summed E-state index contributed by atoms with van der Waals surface area (Å²) < 4.78 is 0. The van der Waals surface area contributed by atoms with Crippen molar-refractivity contribution in [2.75, 3.05) is 0 Å². The molecule has 1 heterocycles. The minimum Gasteiger partial charge on any atom is -0.259 e. The number of rotatable bonds is 1. The highest BCUT2D eigenvalue weighted by atomic mass is 35.5. The van der Waals surface area contributed by atoms with E-state index in [1.165, 1.54) is 18.6 Å². The van der Waals surface area contributed by atoms with Gasteiger partial charge in [-0.1, -0.05) is 0 Å². The van der Waals surface area contributed by atoms with Crippen LogP contribution in [0.1, 0.15) is 0 Å². The van der Waals surface area contributed by atoms with Gasteiger partial charge in [-0.2, -0.15) is 0 Å². The minimum absolute atomic E-state index is 0. The van der Waals surface area contributed by atoms with Gasteiger partial charge in [0.1, 0.15) is 0 Å². The first-order chi connectivity index (χ1) is 3.93. The highest BCUT2D eigenvalue weighted by Gasteiger charge is 1.84. The lowest BCUT2D eigenvalue weighted by molar-refractivity contribution is 1.17. The maximum Gasteiger partial charge on any atom is 0.214 e. The van der Waals surface area contributed by atoms with E-state index in [0.717, 1.165) is 0 Å². The molecule has 0 saturated heterocycles. The summed E-state index contributed by atoms with van der Waals surface area (Å²) >= 11 is 0. The lowest BCUT2D eigenvalue weighted by atomic mass is 10.7. The molecule has 0 unspecified atom stereocenters. The average molecular weight is 146 g/mol. The van der Waals surface area contributed by atoms with Crippen LogP contribution in [0.3, 0.4) is 0 Å². The number of hydrogen-bond acceptors (Lipinski definition) is 4. The first kappa shape index (κ1) is 7.97. The third-order valence-corrected chi connectivity index (χ3v) is 0.643. The molecule has 0 amide bonds. The molecule has 0 aliphatic carbocycles. The van der Waals surface area contributed by atoms with Gasteiger partial charge in [-0.3, -0.25) is 4.98 Å². The van der Waals surface area contributed by atoms with Gasteiger partial charge in [0.25, 0.3) is 0 Å². The van der Waals surface area contributed by atoms with Crippen LogP contribution < -0.4 is 0 Å². The van der Waals surface area contributed by atoms with Crippen molar-refractivity contribution in [1.29, 1.82) is 0 Å². The van der Waals surface area contributed by atoms with Crippen molar-refractivity contribution in [3.8, 4) is 0 Å². The molecule has 1 aromatic rings. The SMILES string of the molecule is Cl.O=Nc1cnccn1. The molecule has 48 valence electrons. The summed E-state index contributed by atoms with van der Waals surface area (Å²) in [5.74, 6) is 0.118. The average Bonchev–Trinajstić information content (AvgIpc) is 1.90. The Hall–Kier alpha value is -1.03. The number of aromatic nitrogens is 2. The molecule has 0 atom stereocenters. The van der Waals surface area contributed by atoms with Gasteiger partial charge in [0.2, 0.25) is 5.82 Å². The summed E-state index contributed by atoms with van der Waals surface area (Å²) in [6, 6.07) is 0. The van der Waals surface area contributed by atoms with E-state index in [0.29, 0.717) is 0 Å². The quantitative estimate of drug-likeness (QED) is 0.560. The van der Waals surface area contributed by atoms with Gasteiger partial charge < -0.3 is 0 Å². The lowest BCUT2D eigenvalue weighted by Crippen LogP contribution is -1.71. The molecule has 1 rings (SSSR count). The van der Waals surface area contributed by atoms with Crippen LogP contribution in [0.15, 0.2) is 23.8 Å². The molecule has 1 aromatic heterocycles. The summed E-state index contributed by atoms with van der Waals surface area (Å²) in [5.41, 5.74) is 0. The fraction of sp³-hybridized carbons (Fsp3) is 0. The Morgan fingerprint density at radius 2 is 2.22 bits per heavy atom. The molecule has 0 spiro atoms. The van der Waals surface area contributed by atoms with E-state index in [1.54, 1.807) is 0 Å². The standard InChI is InChI=1S/C4H3N3O.ClH/c8-7-4-3-5-1-2-6-4;/h1-3H;1H. The third kappa shape index (κ3) is 2.14. The third-order valence-electron chi connectivity index (χ3n) is 0.643. The maximum atomic E-state index is 9.65. The molecule has 0 saturated carbocycles. The van der Waals surface area contributed by atoms with Crippen LogP contribution in [0.5, 0.6) is 0 Å². The lowest BCUT2D eigenvalue weighted by Gasteiger charge is -1.79. The topological polar surface area (TPSA) is 55.2 Å². The second-order valence-electron chi connectivity index (χ2n) is 1.15. The van der Waals surface area contributed by atoms with Crippen molar-refractivity contribution in [3.63, 3.8) is 0 Å². The molecule has 4 nitrogen and oxygen atoms in total. The van der Waals surface area contributed by atoms with Gasteiger partial charge in [0, 0.05) is 12.4 Å². The number of hydrogen-bond donors (Lipinski definition) is 0. The Morgan fingerprint density at radius 3 is 2.56 bits per heavy atom. The normalized spacial score (nSPS) is 7.56. The summed E-state index contributed by atoms with van der Waals surface area (Å²) in [6.45, 7) is 0. The van der Waals surface area contributed by atoms with E-state index in [9.17, 15) is 4.91 Å². The molecule has 0 fully saturated rings. The van der Waals surface area contributed by atoms with Crippen molar-refractivity contribution < 1.29 is 0 Å². The van der Waals surface area contributed by atoms with Crippen molar-refractivity contribution in [1.82, 2.24) is 9.97 Å². The molecule has 0 aliphatic rings. The first-order valence-electron chi connectivity index (χ1n) is 2.03. The number of halogens is 1. The van der Waals surface area contributed by atoms with Crippen LogP contribution in [-0.4, -0.2) is 9.97 Å². The zero-order chi connectivity index (χ0) is 5.82. The molecular weight excluding hydrogens is 142 g/mol.